The number of alkyl halides is 3. The van der Waals surface area contributed by atoms with E-state index in [2.05, 4.69) is 20.4 Å². The summed E-state index contributed by atoms with van der Waals surface area (Å²) >= 11 is 1.05. The molecule has 4 N–H and O–H groups in total. The number of benzene rings is 2. The van der Waals surface area contributed by atoms with Gasteiger partial charge in [0.1, 0.15) is 5.75 Å². The zero-order chi connectivity index (χ0) is 26.4. The minimum atomic E-state index is -4.79. The Kier molecular flexibility index (Phi) is 8.65. The fourth-order valence-electron chi connectivity index (χ4n) is 4.65. The second kappa shape index (κ2) is 11.9. The molecule has 2 atom stereocenters. The van der Waals surface area contributed by atoms with Crippen LogP contribution in [0.25, 0.3) is 10.2 Å². The average molecular weight is 535 g/mol. The number of nitrogens with one attached hydrogen (secondary N) is 2. The SMILES string of the molecule is NC(Cc1ccccc1)C(=O)NC(CC(=O)Nc1nc2ccc(OC(F)(F)F)cc2s1)C1CCCCC1. The summed E-state index contributed by atoms with van der Waals surface area (Å²) in [5.41, 5.74) is 7.57. The van der Waals surface area contributed by atoms with Crippen LogP contribution in [-0.2, 0) is 16.0 Å². The number of halogens is 3. The van der Waals surface area contributed by atoms with E-state index in [0.717, 1.165) is 49.0 Å². The maximum absolute atomic E-state index is 12.9. The number of carbonyl (C=O) groups excluding carboxylic acids is 2. The fourth-order valence-corrected chi connectivity index (χ4v) is 5.56. The van der Waals surface area contributed by atoms with Crippen molar-refractivity contribution in [2.75, 3.05) is 5.32 Å². The fraction of sp³-hybridized carbons (Fsp3) is 0.423. The van der Waals surface area contributed by atoms with E-state index in [1.807, 2.05) is 30.3 Å². The van der Waals surface area contributed by atoms with Gasteiger partial charge in [-0.1, -0.05) is 60.9 Å². The van der Waals surface area contributed by atoms with Crippen molar-refractivity contribution in [3.05, 3.63) is 54.1 Å². The molecule has 11 heteroatoms. The Morgan fingerprint density at radius 1 is 1.11 bits per heavy atom. The maximum Gasteiger partial charge on any atom is 0.573 e. The minimum Gasteiger partial charge on any atom is -0.406 e. The van der Waals surface area contributed by atoms with E-state index in [4.69, 9.17) is 5.73 Å². The van der Waals surface area contributed by atoms with Crippen LogP contribution in [0.3, 0.4) is 0 Å². The zero-order valence-corrected chi connectivity index (χ0v) is 20.9. The van der Waals surface area contributed by atoms with Gasteiger partial charge < -0.3 is 21.1 Å². The summed E-state index contributed by atoms with van der Waals surface area (Å²) in [5, 5.41) is 6.01. The van der Waals surface area contributed by atoms with Gasteiger partial charge in [0.25, 0.3) is 0 Å². The van der Waals surface area contributed by atoms with E-state index in [9.17, 15) is 22.8 Å². The lowest BCUT2D eigenvalue weighted by Gasteiger charge is -2.31. The molecular formula is C26H29F3N4O3S. The lowest BCUT2D eigenvalue weighted by atomic mass is 9.82. The van der Waals surface area contributed by atoms with Crippen molar-refractivity contribution in [2.45, 2.75) is 63.4 Å². The number of amides is 2. The largest absolute Gasteiger partial charge is 0.573 e. The number of hydrogen-bond acceptors (Lipinski definition) is 6. The number of hydrogen-bond donors (Lipinski definition) is 3. The van der Waals surface area contributed by atoms with Crippen molar-refractivity contribution in [2.24, 2.45) is 11.7 Å². The number of fused-ring (bicyclic) bond motifs is 1. The topological polar surface area (TPSA) is 106 Å². The first kappa shape index (κ1) is 26.9. The summed E-state index contributed by atoms with van der Waals surface area (Å²) in [7, 11) is 0. The highest BCUT2D eigenvalue weighted by atomic mass is 32.1. The number of ether oxygens (including phenoxy) is 1. The van der Waals surface area contributed by atoms with Crippen LogP contribution < -0.4 is 21.1 Å². The summed E-state index contributed by atoms with van der Waals surface area (Å²) in [4.78, 5) is 30.1. The van der Waals surface area contributed by atoms with Crippen molar-refractivity contribution in [1.82, 2.24) is 10.3 Å². The molecule has 0 bridgehead atoms. The number of carbonyl (C=O) groups is 2. The molecule has 2 unspecified atom stereocenters. The van der Waals surface area contributed by atoms with Gasteiger partial charge in [-0.2, -0.15) is 0 Å². The van der Waals surface area contributed by atoms with Gasteiger partial charge in [-0.05, 0) is 42.9 Å². The van der Waals surface area contributed by atoms with Crippen LogP contribution in [0.15, 0.2) is 48.5 Å². The maximum atomic E-state index is 12.9. The first-order chi connectivity index (χ1) is 17.7. The molecule has 2 amide bonds. The van der Waals surface area contributed by atoms with Crippen LogP contribution in [0.2, 0.25) is 0 Å². The third-order valence-electron chi connectivity index (χ3n) is 6.43. The van der Waals surface area contributed by atoms with Gasteiger partial charge in [0.05, 0.1) is 16.3 Å². The molecule has 4 rings (SSSR count). The van der Waals surface area contributed by atoms with Gasteiger partial charge in [0, 0.05) is 18.5 Å². The van der Waals surface area contributed by atoms with Crippen molar-refractivity contribution in [3.63, 3.8) is 0 Å². The third kappa shape index (κ3) is 7.90. The standard InChI is InChI=1S/C26H29F3N4O3S/c27-26(28,29)36-18-11-12-20-22(14-18)37-25(32-20)33-23(34)15-21(17-9-5-2-6-10-17)31-24(35)19(30)13-16-7-3-1-4-8-16/h1,3-4,7-8,11-12,14,17,19,21H,2,5-6,9-10,13,15,30H2,(H,31,35)(H,32,33,34). The summed E-state index contributed by atoms with van der Waals surface area (Å²) in [6.45, 7) is 0. The van der Waals surface area contributed by atoms with Gasteiger partial charge in [0.2, 0.25) is 11.8 Å². The molecule has 1 heterocycles. The molecule has 37 heavy (non-hydrogen) atoms. The van der Waals surface area contributed by atoms with Crippen LogP contribution in [-0.4, -0.2) is 35.2 Å². The molecule has 1 aliphatic carbocycles. The molecule has 0 aliphatic heterocycles. The molecule has 7 nitrogen and oxygen atoms in total. The Hall–Kier alpha value is -3.18. The summed E-state index contributed by atoms with van der Waals surface area (Å²) in [6.07, 6.45) is 0.670. The average Bonchev–Trinajstić information content (AvgIpc) is 3.25. The van der Waals surface area contributed by atoms with Crippen LogP contribution in [0.1, 0.15) is 44.1 Å². The summed E-state index contributed by atoms with van der Waals surface area (Å²) < 4.78 is 41.9. The van der Waals surface area contributed by atoms with Gasteiger partial charge in [0.15, 0.2) is 5.13 Å². The van der Waals surface area contributed by atoms with E-state index in [1.165, 1.54) is 18.2 Å². The number of aromatic nitrogens is 1. The van der Waals surface area contributed by atoms with E-state index >= 15 is 0 Å². The number of nitrogens with zero attached hydrogens (tertiary/aromatic N) is 1. The monoisotopic (exact) mass is 534 g/mol. The molecule has 1 aliphatic rings. The Bertz CT molecular complexity index is 1210. The number of thiazole rings is 1. The van der Waals surface area contributed by atoms with Gasteiger partial charge in [-0.3, -0.25) is 9.59 Å². The lowest BCUT2D eigenvalue weighted by Crippen LogP contribution is -2.50. The predicted molar refractivity (Wildman–Crippen MR) is 136 cm³/mol. The first-order valence-corrected chi connectivity index (χ1v) is 13.0. The Balaban J connectivity index is 1.40. The molecule has 0 saturated heterocycles. The van der Waals surface area contributed by atoms with Crippen molar-refractivity contribution in [1.29, 1.82) is 0 Å². The van der Waals surface area contributed by atoms with E-state index in [0.29, 0.717) is 16.6 Å². The molecule has 1 aromatic heterocycles. The lowest BCUT2D eigenvalue weighted by molar-refractivity contribution is -0.274. The zero-order valence-electron chi connectivity index (χ0n) is 20.1. The number of rotatable bonds is 9. The summed E-state index contributed by atoms with van der Waals surface area (Å²) in [5.74, 6) is -0.832. The second-order valence-corrected chi connectivity index (χ2v) is 10.3. The van der Waals surface area contributed by atoms with Crippen LogP contribution in [0.5, 0.6) is 5.75 Å². The van der Waals surface area contributed by atoms with Crippen LogP contribution >= 0.6 is 11.3 Å². The molecule has 0 spiro atoms. The highest BCUT2D eigenvalue weighted by Crippen LogP contribution is 2.32. The first-order valence-electron chi connectivity index (χ1n) is 12.2. The molecular weight excluding hydrogens is 505 g/mol. The van der Waals surface area contributed by atoms with Crippen LogP contribution in [0.4, 0.5) is 18.3 Å². The van der Waals surface area contributed by atoms with Crippen molar-refractivity contribution in [3.8, 4) is 5.75 Å². The Morgan fingerprint density at radius 3 is 2.54 bits per heavy atom. The Labute approximate surface area is 216 Å². The number of anilines is 1. The summed E-state index contributed by atoms with van der Waals surface area (Å²) in [6, 6.07) is 12.2. The third-order valence-corrected chi connectivity index (χ3v) is 7.36. The molecule has 3 aromatic rings. The highest BCUT2D eigenvalue weighted by molar-refractivity contribution is 7.22. The molecule has 0 radical (unpaired) electrons. The Morgan fingerprint density at radius 2 is 1.84 bits per heavy atom. The second-order valence-electron chi connectivity index (χ2n) is 9.26. The molecule has 2 aromatic carbocycles. The minimum absolute atomic E-state index is 0.0484. The predicted octanol–water partition coefficient (Wildman–Crippen LogP) is 5.16. The van der Waals surface area contributed by atoms with Gasteiger partial charge in [-0.25, -0.2) is 4.98 Å². The smallest absolute Gasteiger partial charge is 0.406 e. The molecule has 1 saturated carbocycles. The van der Waals surface area contributed by atoms with Crippen LogP contribution in [0, 0.1) is 5.92 Å². The van der Waals surface area contributed by atoms with E-state index in [-0.39, 0.29) is 41.1 Å². The van der Waals surface area contributed by atoms with E-state index in [1.54, 1.807) is 0 Å². The van der Waals surface area contributed by atoms with Gasteiger partial charge in [-0.15, -0.1) is 13.2 Å². The van der Waals surface area contributed by atoms with E-state index < -0.39 is 12.4 Å². The van der Waals surface area contributed by atoms with Crippen molar-refractivity contribution < 1.29 is 27.5 Å². The number of nitrogens with two attached hydrogens (primary N) is 1. The quantitative estimate of drug-likeness (QED) is 0.352. The highest BCUT2D eigenvalue weighted by Gasteiger charge is 2.31. The normalized spacial score (nSPS) is 16.2. The van der Waals surface area contributed by atoms with Crippen molar-refractivity contribution >= 4 is 38.5 Å². The molecule has 1 fully saturated rings. The molecule has 198 valence electrons. The van der Waals surface area contributed by atoms with Gasteiger partial charge >= 0.3 is 6.36 Å².